The van der Waals surface area contributed by atoms with Crippen LogP contribution in [0.2, 0.25) is 0 Å². The van der Waals surface area contributed by atoms with Crippen LogP contribution in [0, 0.1) is 0 Å². The molecule has 0 saturated heterocycles. The smallest absolute Gasteiger partial charge is 0.303 e. The fourth-order valence-corrected chi connectivity index (χ4v) is 2.31. The molecule has 0 aromatic heterocycles. The van der Waals surface area contributed by atoms with Gasteiger partial charge in [0.1, 0.15) is 5.75 Å². The second-order valence-electron chi connectivity index (χ2n) is 3.29. The Morgan fingerprint density at radius 1 is 1.40 bits per heavy atom. The molecule has 1 aromatic carbocycles. The number of rotatable bonds is 5. The average molecular weight is 228 g/mol. The van der Waals surface area contributed by atoms with Gasteiger partial charge in [0.25, 0.3) is 0 Å². The van der Waals surface area contributed by atoms with Crippen molar-refractivity contribution in [1.29, 1.82) is 0 Å². The van der Waals surface area contributed by atoms with Gasteiger partial charge in [-0.1, -0.05) is 18.2 Å². The molecule has 82 valence electrons. The maximum atomic E-state index is 11.8. The van der Waals surface area contributed by atoms with Crippen molar-refractivity contribution >= 4 is 13.3 Å². The van der Waals surface area contributed by atoms with Gasteiger partial charge in [0, 0.05) is 12.8 Å². The number of carboxylic acids is 1. The predicted octanol–water partition coefficient (Wildman–Crippen LogP) is 2.45. The molecule has 5 heteroatoms. The zero-order chi connectivity index (χ0) is 11.3. The monoisotopic (exact) mass is 228 g/mol. The third-order valence-corrected chi connectivity index (χ3v) is 3.41. The standard InChI is InChI=1S/C10H13O4P/c1-15(13,8-7-10(11)12)14-9-5-3-2-4-6-9/h2-6H,7-8H2,1H3,(H,11,12). The van der Waals surface area contributed by atoms with E-state index in [1.54, 1.807) is 24.3 Å². The minimum atomic E-state index is -2.85. The van der Waals surface area contributed by atoms with Gasteiger partial charge in [-0.3, -0.25) is 9.36 Å². The van der Waals surface area contributed by atoms with Crippen LogP contribution in [-0.2, 0) is 9.36 Å². The lowest BCUT2D eigenvalue weighted by Gasteiger charge is -2.13. The zero-order valence-electron chi connectivity index (χ0n) is 8.42. The van der Waals surface area contributed by atoms with Crippen LogP contribution in [0.15, 0.2) is 30.3 Å². The SMILES string of the molecule is CP(=O)(CCC(=O)O)Oc1ccccc1. The first kappa shape index (κ1) is 11.8. The molecule has 1 atom stereocenters. The summed E-state index contributed by atoms with van der Waals surface area (Å²) in [6.45, 7) is 1.45. The Labute approximate surface area is 88.3 Å². The summed E-state index contributed by atoms with van der Waals surface area (Å²) >= 11 is 0. The van der Waals surface area contributed by atoms with Crippen LogP contribution in [0.1, 0.15) is 6.42 Å². The van der Waals surface area contributed by atoms with Gasteiger partial charge in [-0.05, 0) is 12.1 Å². The summed E-state index contributed by atoms with van der Waals surface area (Å²) in [4.78, 5) is 10.3. The molecule has 0 aliphatic rings. The first-order valence-corrected chi connectivity index (χ1v) is 6.78. The van der Waals surface area contributed by atoms with Crippen molar-refractivity contribution in [3.8, 4) is 5.75 Å². The molecule has 4 nitrogen and oxygen atoms in total. The highest BCUT2D eigenvalue weighted by Gasteiger charge is 2.18. The fraction of sp³-hybridized carbons (Fsp3) is 0.300. The first-order valence-electron chi connectivity index (χ1n) is 4.52. The number of benzene rings is 1. The zero-order valence-corrected chi connectivity index (χ0v) is 9.31. The van der Waals surface area contributed by atoms with E-state index >= 15 is 0 Å². The molecule has 1 aromatic rings. The van der Waals surface area contributed by atoms with E-state index < -0.39 is 13.3 Å². The third-order valence-electron chi connectivity index (χ3n) is 1.77. The lowest BCUT2D eigenvalue weighted by atomic mass is 10.3. The minimum absolute atomic E-state index is 0.0528. The van der Waals surface area contributed by atoms with E-state index in [9.17, 15) is 9.36 Å². The molecule has 1 unspecified atom stereocenters. The van der Waals surface area contributed by atoms with Crippen LogP contribution in [-0.4, -0.2) is 23.9 Å². The number of hydrogen-bond acceptors (Lipinski definition) is 3. The van der Waals surface area contributed by atoms with Crippen LogP contribution >= 0.6 is 7.37 Å². The maximum absolute atomic E-state index is 11.8. The molecular formula is C10H13O4P. The van der Waals surface area contributed by atoms with Crippen LogP contribution < -0.4 is 4.52 Å². The Morgan fingerprint density at radius 3 is 2.53 bits per heavy atom. The van der Waals surface area contributed by atoms with Crippen LogP contribution in [0.4, 0.5) is 0 Å². The molecule has 1 rings (SSSR count). The number of aliphatic carboxylic acids is 1. The van der Waals surface area contributed by atoms with Crippen molar-refractivity contribution in [2.45, 2.75) is 6.42 Å². The summed E-state index contributed by atoms with van der Waals surface area (Å²) in [6, 6.07) is 8.75. The van der Waals surface area contributed by atoms with Gasteiger partial charge in [0.05, 0.1) is 6.42 Å². The summed E-state index contributed by atoms with van der Waals surface area (Å²) in [5, 5.41) is 8.47. The summed E-state index contributed by atoms with van der Waals surface area (Å²) in [5.41, 5.74) is 0. The van der Waals surface area contributed by atoms with E-state index in [1.165, 1.54) is 6.66 Å². The topological polar surface area (TPSA) is 63.6 Å². The van der Waals surface area contributed by atoms with Crippen LogP contribution in [0.25, 0.3) is 0 Å². The molecular weight excluding hydrogens is 215 g/mol. The molecule has 0 saturated carbocycles. The molecule has 0 radical (unpaired) electrons. The van der Waals surface area contributed by atoms with Gasteiger partial charge in [-0.2, -0.15) is 0 Å². The van der Waals surface area contributed by atoms with Crippen molar-refractivity contribution in [2.75, 3.05) is 12.8 Å². The number of carbonyl (C=O) groups is 1. The van der Waals surface area contributed by atoms with Crippen LogP contribution in [0.3, 0.4) is 0 Å². The largest absolute Gasteiger partial charge is 0.481 e. The average Bonchev–Trinajstić information content (AvgIpc) is 2.16. The number of hydrogen-bond donors (Lipinski definition) is 1. The highest BCUT2D eigenvalue weighted by Crippen LogP contribution is 2.43. The van der Waals surface area contributed by atoms with Gasteiger partial charge in [0.2, 0.25) is 7.37 Å². The highest BCUT2D eigenvalue weighted by molar-refractivity contribution is 7.58. The molecule has 0 amide bonds. The molecule has 0 aliphatic carbocycles. The second kappa shape index (κ2) is 4.99. The summed E-state index contributed by atoms with van der Waals surface area (Å²) in [5.74, 6) is -0.456. The maximum Gasteiger partial charge on any atom is 0.303 e. The van der Waals surface area contributed by atoms with Gasteiger partial charge < -0.3 is 9.63 Å². The Bertz CT molecular complexity index is 374. The Kier molecular flexibility index (Phi) is 3.92. The number of para-hydroxylation sites is 1. The number of carboxylic acid groups (broad SMARTS) is 1. The molecule has 0 fully saturated rings. The molecule has 0 heterocycles. The third kappa shape index (κ3) is 4.66. The van der Waals surface area contributed by atoms with Crippen molar-refractivity contribution in [3.05, 3.63) is 30.3 Å². The van der Waals surface area contributed by atoms with E-state index in [4.69, 9.17) is 9.63 Å². The Hall–Kier alpha value is -1.28. The molecule has 0 bridgehead atoms. The summed E-state index contributed by atoms with van der Waals surface area (Å²) < 4.78 is 17.0. The minimum Gasteiger partial charge on any atom is -0.481 e. The van der Waals surface area contributed by atoms with Gasteiger partial charge in [-0.25, -0.2) is 0 Å². The van der Waals surface area contributed by atoms with E-state index in [0.717, 1.165) is 0 Å². The quantitative estimate of drug-likeness (QED) is 0.786. The van der Waals surface area contributed by atoms with E-state index in [1.807, 2.05) is 6.07 Å². The highest BCUT2D eigenvalue weighted by atomic mass is 31.2. The fourth-order valence-electron chi connectivity index (χ4n) is 1.05. The molecule has 0 spiro atoms. The predicted molar refractivity (Wildman–Crippen MR) is 57.7 cm³/mol. The molecule has 0 aliphatic heterocycles. The van der Waals surface area contributed by atoms with Crippen molar-refractivity contribution in [1.82, 2.24) is 0 Å². The van der Waals surface area contributed by atoms with Crippen LogP contribution in [0.5, 0.6) is 5.75 Å². The van der Waals surface area contributed by atoms with Gasteiger partial charge in [-0.15, -0.1) is 0 Å². The molecule has 15 heavy (non-hydrogen) atoms. The summed E-state index contributed by atoms with van der Waals surface area (Å²) in [7, 11) is -2.85. The summed E-state index contributed by atoms with van der Waals surface area (Å²) in [6.07, 6.45) is -0.0855. The van der Waals surface area contributed by atoms with Crippen molar-refractivity contribution < 1.29 is 19.0 Å². The lowest BCUT2D eigenvalue weighted by molar-refractivity contribution is -0.136. The van der Waals surface area contributed by atoms with E-state index in [2.05, 4.69) is 0 Å². The Balaban J connectivity index is 2.57. The van der Waals surface area contributed by atoms with Gasteiger partial charge >= 0.3 is 5.97 Å². The Morgan fingerprint density at radius 2 is 2.00 bits per heavy atom. The van der Waals surface area contributed by atoms with Crippen molar-refractivity contribution in [3.63, 3.8) is 0 Å². The normalized spacial score (nSPS) is 14.2. The van der Waals surface area contributed by atoms with E-state index in [-0.39, 0.29) is 12.6 Å². The second-order valence-corrected chi connectivity index (χ2v) is 5.94. The lowest BCUT2D eigenvalue weighted by Crippen LogP contribution is -2.03. The van der Waals surface area contributed by atoms with E-state index in [0.29, 0.717) is 5.75 Å². The first-order chi connectivity index (χ1) is 6.99. The molecule has 1 N–H and O–H groups in total. The van der Waals surface area contributed by atoms with Gasteiger partial charge in [0.15, 0.2) is 0 Å². The van der Waals surface area contributed by atoms with Crippen molar-refractivity contribution in [2.24, 2.45) is 0 Å².